The van der Waals surface area contributed by atoms with Gasteiger partial charge in [-0.15, -0.1) is 0 Å². The van der Waals surface area contributed by atoms with Gasteiger partial charge in [0.2, 0.25) is 5.91 Å². The molecule has 2 aliphatic rings. The van der Waals surface area contributed by atoms with Crippen LogP contribution in [-0.2, 0) is 25.5 Å². The molecule has 2 amide bonds. The number of esters is 1. The second kappa shape index (κ2) is 10.6. The van der Waals surface area contributed by atoms with Gasteiger partial charge in [0.05, 0.1) is 13.0 Å². The molecule has 0 aromatic heterocycles. The van der Waals surface area contributed by atoms with Crippen molar-refractivity contribution in [2.24, 2.45) is 17.8 Å². The molecule has 170 valence electrons. The van der Waals surface area contributed by atoms with E-state index in [2.05, 4.69) is 19.2 Å². The Kier molecular flexibility index (Phi) is 7.93. The molecule has 1 aromatic rings. The fraction of sp³-hybridized carbons (Fsp3) is 0.625. The number of rotatable bonds is 8. The Hall–Kier alpha value is -2.57. The monoisotopic (exact) mass is 430 g/mol. The van der Waals surface area contributed by atoms with Crippen LogP contribution < -0.4 is 10.1 Å². The molecule has 1 aliphatic heterocycles. The number of nitrogens with zero attached hydrogens (tertiary/aromatic N) is 1. The lowest BCUT2D eigenvalue weighted by molar-refractivity contribution is -0.152. The summed E-state index contributed by atoms with van der Waals surface area (Å²) in [6.45, 7) is 4.97. The Balaban J connectivity index is 1.39. The van der Waals surface area contributed by atoms with Crippen molar-refractivity contribution in [3.63, 3.8) is 0 Å². The summed E-state index contributed by atoms with van der Waals surface area (Å²) in [5, 5.41) is 2.76. The zero-order valence-electron chi connectivity index (χ0n) is 18.8. The lowest BCUT2D eigenvalue weighted by Gasteiger charge is -2.39. The molecule has 0 radical (unpaired) electrons. The summed E-state index contributed by atoms with van der Waals surface area (Å²) < 4.78 is 10.3. The predicted octanol–water partition coefficient (Wildman–Crippen LogP) is 2.57. The van der Waals surface area contributed by atoms with Crippen LogP contribution in [-0.4, -0.2) is 55.5 Å². The van der Waals surface area contributed by atoms with Crippen molar-refractivity contribution >= 4 is 17.8 Å². The minimum absolute atomic E-state index is 0.0249. The van der Waals surface area contributed by atoms with Crippen LogP contribution in [0, 0.1) is 17.8 Å². The number of nitrogens with one attached hydrogen (secondary N) is 1. The van der Waals surface area contributed by atoms with Crippen LogP contribution in [0.4, 0.5) is 0 Å². The first-order chi connectivity index (χ1) is 14.9. The molecule has 1 saturated carbocycles. The Morgan fingerprint density at radius 1 is 1.16 bits per heavy atom. The Morgan fingerprint density at radius 3 is 2.61 bits per heavy atom. The van der Waals surface area contributed by atoms with E-state index >= 15 is 0 Å². The molecule has 3 rings (SSSR count). The number of likely N-dealkylation sites (tertiary alicyclic amines) is 1. The first kappa shape index (κ1) is 23.1. The van der Waals surface area contributed by atoms with Crippen molar-refractivity contribution in [1.29, 1.82) is 0 Å². The van der Waals surface area contributed by atoms with Gasteiger partial charge < -0.3 is 19.7 Å². The molecule has 7 nitrogen and oxygen atoms in total. The average Bonchev–Trinajstić information content (AvgIpc) is 3.16. The number of hydrogen-bond donors (Lipinski definition) is 1. The topological polar surface area (TPSA) is 84.9 Å². The molecule has 31 heavy (non-hydrogen) atoms. The van der Waals surface area contributed by atoms with E-state index < -0.39 is 11.9 Å². The largest absolute Gasteiger partial charge is 0.497 e. The van der Waals surface area contributed by atoms with E-state index in [-0.39, 0.29) is 30.9 Å². The fourth-order valence-electron chi connectivity index (χ4n) is 4.65. The number of benzene rings is 1. The molecule has 4 atom stereocenters. The maximum atomic E-state index is 12.5. The van der Waals surface area contributed by atoms with E-state index in [1.54, 1.807) is 7.11 Å². The molecule has 1 aliphatic carbocycles. The highest BCUT2D eigenvalue weighted by atomic mass is 16.5. The standard InChI is InChI=1S/C24H34N2O5/c1-16-5-4-6-21(17(16)2)26-14-19(13-23(26)28)24(29)31-15-22(27)25-12-11-18-7-9-20(30-3)10-8-18/h7-10,16-17,19,21H,4-6,11-15H2,1-3H3,(H,25,27)/t16-,17+,19+,21+/m0/s1. The van der Waals surface area contributed by atoms with E-state index in [0.717, 1.165) is 24.2 Å². The summed E-state index contributed by atoms with van der Waals surface area (Å²) in [5.41, 5.74) is 1.08. The van der Waals surface area contributed by atoms with Gasteiger partial charge in [-0.25, -0.2) is 0 Å². The first-order valence-electron chi connectivity index (χ1n) is 11.2. The van der Waals surface area contributed by atoms with Crippen LogP contribution in [0.5, 0.6) is 5.75 Å². The third-order valence-electron chi connectivity index (χ3n) is 6.80. The van der Waals surface area contributed by atoms with Gasteiger partial charge in [-0.05, 0) is 42.4 Å². The zero-order chi connectivity index (χ0) is 22.4. The molecule has 0 unspecified atom stereocenters. The molecular weight excluding hydrogens is 396 g/mol. The Labute approximate surface area is 184 Å². The van der Waals surface area contributed by atoms with Crippen LogP contribution in [0.15, 0.2) is 24.3 Å². The normalized spacial score (nSPS) is 25.9. The van der Waals surface area contributed by atoms with E-state index in [9.17, 15) is 14.4 Å². The summed E-state index contributed by atoms with van der Waals surface area (Å²) >= 11 is 0. The zero-order valence-corrected chi connectivity index (χ0v) is 18.8. The van der Waals surface area contributed by atoms with E-state index in [1.165, 1.54) is 6.42 Å². The third-order valence-corrected chi connectivity index (χ3v) is 6.80. The van der Waals surface area contributed by atoms with Crippen LogP contribution in [0.3, 0.4) is 0 Å². The van der Waals surface area contributed by atoms with Gasteiger partial charge in [-0.3, -0.25) is 14.4 Å². The van der Waals surface area contributed by atoms with E-state index in [4.69, 9.17) is 9.47 Å². The van der Waals surface area contributed by atoms with Gasteiger partial charge in [-0.2, -0.15) is 0 Å². The fourth-order valence-corrected chi connectivity index (χ4v) is 4.65. The van der Waals surface area contributed by atoms with Crippen molar-refractivity contribution in [3.8, 4) is 5.75 Å². The maximum Gasteiger partial charge on any atom is 0.311 e. The summed E-state index contributed by atoms with van der Waals surface area (Å²) in [6, 6.07) is 7.85. The number of amides is 2. The van der Waals surface area contributed by atoms with Crippen LogP contribution in [0.1, 0.15) is 45.1 Å². The lowest BCUT2D eigenvalue weighted by atomic mass is 9.77. The van der Waals surface area contributed by atoms with Crippen LogP contribution >= 0.6 is 0 Å². The van der Waals surface area contributed by atoms with Gasteiger partial charge in [-0.1, -0.05) is 38.8 Å². The van der Waals surface area contributed by atoms with Gasteiger partial charge >= 0.3 is 5.97 Å². The minimum atomic E-state index is -0.482. The van der Waals surface area contributed by atoms with E-state index in [1.807, 2.05) is 29.2 Å². The third kappa shape index (κ3) is 5.99. The van der Waals surface area contributed by atoms with Crippen molar-refractivity contribution in [2.75, 3.05) is 26.8 Å². The number of carbonyl (C=O) groups excluding carboxylic acids is 3. The van der Waals surface area contributed by atoms with Crippen LogP contribution in [0.25, 0.3) is 0 Å². The molecule has 1 aromatic carbocycles. The highest BCUT2D eigenvalue weighted by Crippen LogP contribution is 2.35. The molecule has 0 spiro atoms. The molecule has 2 fully saturated rings. The summed E-state index contributed by atoms with van der Waals surface area (Å²) in [7, 11) is 1.62. The van der Waals surface area contributed by atoms with Gasteiger partial charge in [0.15, 0.2) is 6.61 Å². The molecule has 1 saturated heterocycles. The molecule has 1 heterocycles. The molecule has 1 N–H and O–H groups in total. The summed E-state index contributed by atoms with van der Waals surface area (Å²) in [6.07, 6.45) is 4.16. The van der Waals surface area contributed by atoms with Crippen molar-refractivity contribution in [2.45, 2.75) is 52.0 Å². The second-order valence-electron chi connectivity index (χ2n) is 8.84. The second-order valence-corrected chi connectivity index (χ2v) is 8.84. The Morgan fingerprint density at radius 2 is 1.90 bits per heavy atom. The molecule has 0 bridgehead atoms. The number of ether oxygens (including phenoxy) is 2. The van der Waals surface area contributed by atoms with Crippen molar-refractivity contribution in [1.82, 2.24) is 10.2 Å². The smallest absolute Gasteiger partial charge is 0.311 e. The quantitative estimate of drug-likeness (QED) is 0.641. The number of methoxy groups -OCH3 is 1. The molecular formula is C24H34N2O5. The highest BCUT2D eigenvalue weighted by molar-refractivity contribution is 5.88. The maximum absolute atomic E-state index is 12.5. The molecule has 7 heteroatoms. The highest BCUT2D eigenvalue weighted by Gasteiger charge is 2.42. The first-order valence-corrected chi connectivity index (χ1v) is 11.2. The van der Waals surface area contributed by atoms with Gasteiger partial charge in [0, 0.05) is 25.6 Å². The Bertz CT molecular complexity index is 779. The number of hydrogen-bond acceptors (Lipinski definition) is 5. The summed E-state index contributed by atoms with van der Waals surface area (Å²) in [4.78, 5) is 38.9. The minimum Gasteiger partial charge on any atom is -0.497 e. The summed E-state index contributed by atoms with van der Waals surface area (Å²) in [5.74, 6) is 0.551. The van der Waals surface area contributed by atoms with Crippen LogP contribution in [0.2, 0.25) is 0 Å². The van der Waals surface area contributed by atoms with Crippen molar-refractivity contribution in [3.05, 3.63) is 29.8 Å². The van der Waals surface area contributed by atoms with Gasteiger partial charge in [0.1, 0.15) is 5.75 Å². The lowest BCUT2D eigenvalue weighted by Crippen LogP contribution is -2.45. The average molecular weight is 431 g/mol. The van der Waals surface area contributed by atoms with Crippen molar-refractivity contribution < 1.29 is 23.9 Å². The number of carbonyl (C=O) groups is 3. The SMILES string of the molecule is COc1ccc(CCNC(=O)COC(=O)[C@@H]2CC(=O)N([C@@H]3CCC[C@H](C)[C@H]3C)C2)cc1. The van der Waals surface area contributed by atoms with E-state index in [0.29, 0.717) is 31.3 Å². The van der Waals surface area contributed by atoms with Gasteiger partial charge in [0.25, 0.3) is 5.91 Å². The predicted molar refractivity (Wildman–Crippen MR) is 116 cm³/mol.